The van der Waals surface area contributed by atoms with Crippen molar-refractivity contribution < 1.29 is 9.59 Å². The van der Waals surface area contributed by atoms with Crippen LogP contribution >= 0.6 is 0 Å². The minimum atomic E-state index is -0.189. The van der Waals surface area contributed by atoms with Crippen LogP contribution in [0.4, 0.5) is 11.5 Å². The highest BCUT2D eigenvalue weighted by Gasteiger charge is 2.25. The molecule has 6 heteroatoms. The van der Waals surface area contributed by atoms with Crippen LogP contribution in [0.3, 0.4) is 0 Å². The second-order valence-corrected chi connectivity index (χ2v) is 5.55. The van der Waals surface area contributed by atoms with Gasteiger partial charge in [0.15, 0.2) is 0 Å². The van der Waals surface area contributed by atoms with Gasteiger partial charge in [-0.3, -0.25) is 9.59 Å². The van der Waals surface area contributed by atoms with Crippen molar-refractivity contribution in [2.75, 3.05) is 17.2 Å². The molecule has 4 N–H and O–H groups in total. The molecule has 6 nitrogen and oxygen atoms in total. The maximum absolute atomic E-state index is 12.2. The van der Waals surface area contributed by atoms with Crippen molar-refractivity contribution in [3.05, 3.63) is 18.3 Å². The van der Waals surface area contributed by atoms with Crippen molar-refractivity contribution in [3.8, 4) is 0 Å². The Morgan fingerprint density at radius 2 is 2.00 bits per heavy atom. The minimum Gasteiger partial charge on any atom is -0.330 e. The highest BCUT2D eigenvalue weighted by Crippen LogP contribution is 2.29. The van der Waals surface area contributed by atoms with E-state index >= 15 is 0 Å². The fraction of sp³-hybridized carbons (Fsp3) is 0.533. The van der Waals surface area contributed by atoms with E-state index in [1.807, 2.05) is 0 Å². The Hall–Kier alpha value is -1.95. The number of carbonyl (C=O) groups excluding carboxylic acids is 2. The van der Waals surface area contributed by atoms with Gasteiger partial charge in [-0.15, -0.1) is 0 Å². The molecule has 0 spiro atoms. The van der Waals surface area contributed by atoms with E-state index in [2.05, 4.69) is 15.6 Å². The van der Waals surface area contributed by atoms with Crippen LogP contribution < -0.4 is 16.4 Å². The Morgan fingerprint density at radius 1 is 1.29 bits per heavy atom. The number of amides is 2. The summed E-state index contributed by atoms with van der Waals surface area (Å²) >= 11 is 0. The van der Waals surface area contributed by atoms with Gasteiger partial charge in [0.1, 0.15) is 5.82 Å². The van der Waals surface area contributed by atoms with E-state index in [1.165, 1.54) is 6.92 Å². The number of aromatic nitrogens is 1. The summed E-state index contributed by atoms with van der Waals surface area (Å²) in [4.78, 5) is 27.3. The summed E-state index contributed by atoms with van der Waals surface area (Å²) in [5.74, 6) is 0.884. The fourth-order valence-corrected chi connectivity index (χ4v) is 2.66. The normalized spacial score (nSPS) is 21.6. The molecule has 0 unspecified atom stereocenters. The first-order valence-electron chi connectivity index (χ1n) is 7.33. The molecule has 2 rings (SSSR count). The van der Waals surface area contributed by atoms with Gasteiger partial charge in [0.2, 0.25) is 11.8 Å². The quantitative estimate of drug-likeness (QED) is 0.787. The predicted octanol–water partition coefficient (Wildman–Crippen LogP) is 1.74. The molecule has 1 aromatic rings. The van der Waals surface area contributed by atoms with Crippen molar-refractivity contribution in [3.63, 3.8) is 0 Å². The third-order valence-electron chi connectivity index (χ3n) is 3.88. The Labute approximate surface area is 124 Å². The van der Waals surface area contributed by atoms with Gasteiger partial charge in [-0.25, -0.2) is 4.98 Å². The molecule has 1 aromatic heterocycles. The van der Waals surface area contributed by atoms with Crippen molar-refractivity contribution >= 4 is 23.3 Å². The zero-order valence-corrected chi connectivity index (χ0v) is 12.3. The lowest BCUT2D eigenvalue weighted by atomic mass is 9.81. The number of nitrogens with zero attached hydrogens (tertiary/aromatic N) is 1. The summed E-state index contributed by atoms with van der Waals surface area (Å²) in [5.41, 5.74) is 6.32. The summed E-state index contributed by atoms with van der Waals surface area (Å²) in [6.45, 7) is 2.13. The first kappa shape index (κ1) is 15.4. The molecule has 0 atom stereocenters. The van der Waals surface area contributed by atoms with Crippen LogP contribution in [0, 0.1) is 11.8 Å². The molecule has 21 heavy (non-hydrogen) atoms. The second-order valence-electron chi connectivity index (χ2n) is 5.55. The van der Waals surface area contributed by atoms with Gasteiger partial charge in [0.05, 0.1) is 0 Å². The molecule has 0 bridgehead atoms. The van der Waals surface area contributed by atoms with Crippen LogP contribution in [-0.2, 0) is 9.59 Å². The smallest absolute Gasteiger partial charge is 0.227 e. The van der Waals surface area contributed by atoms with Gasteiger partial charge < -0.3 is 16.4 Å². The van der Waals surface area contributed by atoms with E-state index < -0.39 is 0 Å². The van der Waals surface area contributed by atoms with Crippen LogP contribution in [0.25, 0.3) is 0 Å². The van der Waals surface area contributed by atoms with Crippen molar-refractivity contribution in [2.24, 2.45) is 17.6 Å². The maximum atomic E-state index is 12.2. The summed E-state index contributed by atoms with van der Waals surface area (Å²) < 4.78 is 0. The van der Waals surface area contributed by atoms with Crippen molar-refractivity contribution in [2.45, 2.75) is 32.6 Å². The fourth-order valence-electron chi connectivity index (χ4n) is 2.66. The van der Waals surface area contributed by atoms with Crippen molar-refractivity contribution in [1.29, 1.82) is 0 Å². The average molecular weight is 290 g/mol. The van der Waals surface area contributed by atoms with Gasteiger partial charge >= 0.3 is 0 Å². The third kappa shape index (κ3) is 4.53. The molecule has 0 saturated heterocycles. The molecule has 1 aliphatic rings. The number of carbonyl (C=O) groups is 2. The predicted molar refractivity (Wildman–Crippen MR) is 81.7 cm³/mol. The number of anilines is 2. The van der Waals surface area contributed by atoms with Crippen LogP contribution in [-0.4, -0.2) is 23.3 Å². The number of nitrogens with two attached hydrogens (primary N) is 1. The maximum Gasteiger partial charge on any atom is 0.227 e. The topological polar surface area (TPSA) is 97.1 Å². The molecule has 0 radical (unpaired) electrons. The Balaban J connectivity index is 1.92. The Bertz CT molecular complexity index is 510. The standard InChI is InChI=1S/C15H22N4O2/c1-10(20)18-14-8-13(6-7-17-14)19-15(21)12-4-2-11(9-16)3-5-12/h6-8,11-12H,2-5,9,16H2,1H3,(H2,17,18,19,20,21). The lowest BCUT2D eigenvalue weighted by molar-refractivity contribution is -0.121. The average Bonchev–Trinajstić information content (AvgIpc) is 2.47. The second kappa shape index (κ2) is 7.17. The Morgan fingerprint density at radius 3 is 2.62 bits per heavy atom. The third-order valence-corrected chi connectivity index (χ3v) is 3.88. The first-order valence-corrected chi connectivity index (χ1v) is 7.33. The number of pyridine rings is 1. The van der Waals surface area contributed by atoms with Gasteiger partial charge in [0, 0.05) is 30.8 Å². The molecular formula is C15H22N4O2. The van der Waals surface area contributed by atoms with E-state index in [-0.39, 0.29) is 17.7 Å². The molecule has 1 heterocycles. The zero-order valence-electron chi connectivity index (χ0n) is 12.3. The largest absolute Gasteiger partial charge is 0.330 e. The van der Waals surface area contributed by atoms with Crippen LogP contribution in [0.5, 0.6) is 0 Å². The van der Waals surface area contributed by atoms with E-state index in [0.717, 1.165) is 25.7 Å². The van der Waals surface area contributed by atoms with E-state index in [1.54, 1.807) is 18.3 Å². The van der Waals surface area contributed by atoms with Gasteiger partial charge in [0.25, 0.3) is 0 Å². The van der Waals surface area contributed by atoms with Gasteiger partial charge in [-0.1, -0.05) is 0 Å². The molecular weight excluding hydrogens is 268 g/mol. The summed E-state index contributed by atoms with van der Waals surface area (Å²) in [7, 11) is 0. The zero-order chi connectivity index (χ0) is 15.2. The van der Waals surface area contributed by atoms with Crippen LogP contribution in [0.1, 0.15) is 32.6 Å². The summed E-state index contributed by atoms with van der Waals surface area (Å²) in [5, 5.41) is 5.49. The SMILES string of the molecule is CC(=O)Nc1cc(NC(=O)C2CCC(CN)CC2)ccn1. The molecule has 0 aromatic carbocycles. The van der Waals surface area contributed by atoms with E-state index in [4.69, 9.17) is 5.73 Å². The molecule has 1 aliphatic carbocycles. The number of hydrogen-bond acceptors (Lipinski definition) is 4. The first-order chi connectivity index (χ1) is 10.1. The summed E-state index contributed by atoms with van der Waals surface area (Å²) in [6.07, 6.45) is 5.37. The Kier molecular flexibility index (Phi) is 5.27. The van der Waals surface area contributed by atoms with Crippen molar-refractivity contribution in [1.82, 2.24) is 4.98 Å². The molecule has 2 amide bonds. The van der Waals surface area contributed by atoms with Crippen LogP contribution in [0.15, 0.2) is 18.3 Å². The number of nitrogens with one attached hydrogen (secondary N) is 2. The number of rotatable bonds is 4. The molecule has 114 valence electrons. The van der Waals surface area contributed by atoms with Gasteiger partial charge in [-0.05, 0) is 44.2 Å². The highest BCUT2D eigenvalue weighted by atomic mass is 16.2. The van der Waals surface area contributed by atoms with E-state index in [9.17, 15) is 9.59 Å². The summed E-state index contributed by atoms with van der Waals surface area (Å²) in [6, 6.07) is 3.37. The highest BCUT2D eigenvalue weighted by molar-refractivity contribution is 5.93. The lowest BCUT2D eigenvalue weighted by Gasteiger charge is -2.26. The molecule has 1 fully saturated rings. The van der Waals surface area contributed by atoms with E-state index in [0.29, 0.717) is 24.0 Å². The lowest BCUT2D eigenvalue weighted by Crippen LogP contribution is -2.29. The van der Waals surface area contributed by atoms with Crippen LogP contribution in [0.2, 0.25) is 0 Å². The van der Waals surface area contributed by atoms with Gasteiger partial charge in [-0.2, -0.15) is 0 Å². The number of hydrogen-bond donors (Lipinski definition) is 3. The molecule has 1 saturated carbocycles. The molecule has 0 aliphatic heterocycles. The minimum absolute atomic E-state index is 0.0328. The monoisotopic (exact) mass is 290 g/mol.